The number of esters is 3. The van der Waals surface area contributed by atoms with E-state index in [-0.39, 0.29) is 19.3 Å². The van der Waals surface area contributed by atoms with Crippen LogP contribution in [0.15, 0.2) is 170 Å². The summed E-state index contributed by atoms with van der Waals surface area (Å²) in [6.45, 7) is 2.48. The Morgan fingerprint density at radius 2 is 0.438 bits per heavy atom. The fourth-order valence-corrected chi connectivity index (χ4v) is 14.7. The normalized spacial score (nSPS) is 14.5. The molecule has 5 unspecified atom stereocenters. The van der Waals surface area contributed by atoms with Crippen LogP contribution in [0.3, 0.4) is 0 Å². The third-order valence-corrected chi connectivity index (χ3v) is 22.3. The lowest BCUT2D eigenvalue weighted by atomic mass is 10.0. The fraction of sp³-hybridized carbons (Fsp3) is 0.699. The summed E-state index contributed by atoms with van der Waals surface area (Å²) >= 11 is 0. The molecule has 18 heteroatoms. The van der Waals surface area contributed by atoms with Gasteiger partial charge in [0.1, 0.15) is 25.4 Å². The highest BCUT2D eigenvalue weighted by atomic mass is 31.2. The van der Waals surface area contributed by atoms with E-state index in [0.717, 1.165) is 167 Å². The van der Waals surface area contributed by atoms with Gasteiger partial charge in [-0.3, -0.25) is 32.5 Å². The van der Waals surface area contributed by atoms with Crippen molar-refractivity contribution in [2.75, 3.05) is 39.6 Å². The molecule has 0 spiro atoms. The number of unbranched alkanes of at least 4 members (excludes halogenated alkanes) is 40. The number of ether oxygens (including phenoxy) is 3. The van der Waals surface area contributed by atoms with E-state index in [2.05, 4.69) is 191 Å². The average molecular weight is 1730 g/mol. The van der Waals surface area contributed by atoms with Gasteiger partial charge in [0, 0.05) is 19.3 Å². The van der Waals surface area contributed by atoms with Crippen molar-refractivity contribution < 1.29 is 75.8 Å². The minimum Gasteiger partial charge on any atom is -0.463 e. The smallest absolute Gasteiger partial charge is 0.463 e. The molecule has 0 aliphatic heterocycles. The highest BCUT2D eigenvalue weighted by molar-refractivity contribution is 7.47. The lowest BCUT2D eigenvalue weighted by Gasteiger charge is -2.21. The summed E-state index contributed by atoms with van der Waals surface area (Å²) < 4.78 is 61.6. The van der Waals surface area contributed by atoms with Gasteiger partial charge in [0.05, 0.1) is 26.4 Å². The van der Waals surface area contributed by atoms with Gasteiger partial charge in [-0.2, -0.15) is 0 Å². The first-order chi connectivity index (χ1) is 59.2. The molecule has 0 fully saturated rings. The van der Waals surface area contributed by atoms with Crippen molar-refractivity contribution in [3.63, 3.8) is 0 Å². The largest absolute Gasteiger partial charge is 0.472 e. The summed E-state index contributed by atoms with van der Waals surface area (Å²) in [5.41, 5.74) is 0. The van der Waals surface area contributed by atoms with Crippen LogP contribution in [0.1, 0.15) is 406 Å². The molecule has 0 saturated carbocycles. The summed E-state index contributed by atoms with van der Waals surface area (Å²) in [7, 11) is -9.82. The Morgan fingerprint density at radius 1 is 0.240 bits per heavy atom. The van der Waals surface area contributed by atoms with Gasteiger partial charge in [-0.05, 0) is 154 Å². The number of carbonyl (C=O) groups is 3. The first-order valence-corrected chi connectivity index (χ1v) is 51.4. The number of aliphatic hydroxyl groups is 2. The summed E-state index contributed by atoms with van der Waals surface area (Å²) in [6, 6.07) is 0. The van der Waals surface area contributed by atoms with Crippen LogP contribution >= 0.6 is 15.6 Å². The van der Waals surface area contributed by atoms with Crippen LogP contribution in [0.5, 0.6) is 0 Å². The van der Waals surface area contributed by atoms with Crippen molar-refractivity contribution in [3.05, 3.63) is 170 Å². The number of phosphoric ester groups is 2. The number of carbonyl (C=O) groups excluding carboxylic acids is 3. The predicted octanol–water partition coefficient (Wildman–Crippen LogP) is 30.2. The van der Waals surface area contributed by atoms with Crippen molar-refractivity contribution in [2.24, 2.45) is 0 Å². The van der Waals surface area contributed by atoms with Crippen LogP contribution in [0.25, 0.3) is 0 Å². The molecule has 0 amide bonds. The van der Waals surface area contributed by atoms with E-state index in [1.807, 2.05) is 0 Å². The van der Waals surface area contributed by atoms with E-state index in [4.69, 9.17) is 32.3 Å². The molecule has 16 nitrogen and oxygen atoms in total. The van der Waals surface area contributed by atoms with Gasteiger partial charge in [-0.15, -0.1) is 0 Å². The quantitative estimate of drug-likeness (QED) is 0.0146. The highest BCUT2D eigenvalue weighted by Crippen LogP contribution is 2.45. The first kappa shape index (κ1) is 116. The molecule has 0 bridgehead atoms. The highest BCUT2D eigenvalue weighted by Gasteiger charge is 2.30. The summed E-state index contributed by atoms with van der Waals surface area (Å²) in [6.07, 6.45) is 123. The van der Waals surface area contributed by atoms with Crippen molar-refractivity contribution >= 4 is 33.6 Å². The SMILES string of the molecule is CC/C=C\C/C=C\C/C=C\C/C=C\C/C=C\CCCCCCCCCCCCCCCCCC(=O)OCC(O)COP(=O)(O)OCC(O)COP(=O)(O)OCC(COC(=O)CCCCCCCCCCCCCCC/C=C\C/C=C\C/C=C\C/C=C\CCCCC)OC(=O)CCCCCCCCCCC/C=C\C/C=C\C/C=C\C/C=C\C/C=C\CC. The maximum Gasteiger partial charge on any atom is 0.472 e. The Kier molecular flexibility index (Phi) is 90.1. The standard InChI is InChI=1S/C103H176O16P2/c1-4-7-10-13-16-19-22-25-28-31-34-37-40-43-45-47-48-50-52-54-56-59-62-65-68-71-74-77-80-83-86-89-101(106)113-92-98(104)93-115-120(109,110)116-94-99(105)95-117-121(111,112)118-97-100(119-103(108)91-88-85-82-79-76-73-70-67-64-61-58-53-42-39-36-33-30-27-24-21-18-15-12-9-6-3)96-114-102(107)90-87-84-81-78-75-72-69-66-63-60-57-55-51-49-46-44-41-38-35-32-29-26-23-20-17-14-11-8-5-2/h7,9-10,12,16-21,25-30,34-39,43-46,53,58,98-100,104-105H,4-6,8,11,13-15,22-24,31-33,40-42,47-52,54-57,59-97H2,1-3H3,(H,109,110)(H,111,112)/b10-7-,12-9-,19-16-,20-17-,21-18-,28-25-,29-26-,30-27-,37-34-,38-35-,39-36-,45-43-,46-44-,58-53-. The molecule has 0 aliphatic rings. The van der Waals surface area contributed by atoms with E-state index in [9.17, 15) is 43.5 Å². The van der Waals surface area contributed by atoms with Gasteiger partial charge in [0.2, 0.25) is 0 Å². The minimum atomic E-state index is -4.95. The maximum absolute atomic E-state index is 13.1. The molecule has 0 aromatic carbocycles. The Balaban J connectivity index is 4.62. The van der Waals surface area contributed by atoms with E-state index < -0.39 is 91.5 Å². The van der Waals surface area contributed by atoms with Gasteiger partial charge >= 0.3 is 33.6 Å². The van der Waals surface area contributed by atoms with Gasteiger partial charge < -0.3 is 34.2 Å². The van der Waals surface area contributed by atoms with Crippen LogP contribution in [0.4, 0.5) is 0 Å². The molecule has 694 valence electrons. The van der Waals surface area contributed by atoms with Gasteiger partial charge in [-0.1, -0.05) is 403 Å². The van der Waals surface area contributed by atoms with Crippen molar-refractivity contribution in [1.82, 2.24) is 0 Å². The van der Waals surface area contributed by atoms with Gasteiger partial charge in [-0.25, -0.2) is 9.13 Å². The lowest BCUT2D eigenvalue weighted by Crippen LogP contribution is -2.30. The van der Waals surface area contributed by atoms with Crippen LogP contribution in [0.2, 0.25) is 0 Å². The van der Waals surface area contributed by atoms with Crippen molar-refractivity contribution in [2.45, 2.75) is 424 Å². The van der Waals surface area contributed by atoms with Crippen LogP contribution < -0.4 is 0 Å². The Labute approximate surface area is 739 Å². The number of hydrogen-bond acceptors (Lipinski definition) is 14. The zero-order valence-corrected chi connectivity index (χ0v) is 78.4. The molecule has 0 aromatic heterocycles. The molecule has 4 N–H and O–H groups in total. The topological polar surface area (TPSA) is 231 Å². The molecule has 5 atom stereocenters. The summed E-state index contributed by atoms with van der Waals surface area (Å²) in [5.74, 6) is -1.57. The molecule has 0 aromatic rings. The Bertz CT molecular complexity index is 2880. The molecule has 0 saturated heterocycles. The summed E-state index contributed by atoms with van der Waals surface area (Å²) in [4.78, 5) is 59.1. The van der Waals surface area contributed by atoms with Crippen LogP contribution in [0, 0.1) is 0 Å². The second-order valence-electron chi connectivity index (χ2n) is 32.1. The third kappa shape index (κ3) is 95.4. The van der Waals surface area contributed by atoms with Crippen molar-refractivity contribution in [1.29, 1.82) is 0 Å². The third-order valence-electron chi connectivity index (χ3n) is 20.4. The van der Waals surface area contributed by atoms with Crippen molar-refractivity contribution in [3.8, 4) is 0 Å². The zero-order valence-electron chi connectivity index (χ0n) is 76.6. The second kappa shape index (κ2) is 94.1. The maximum atomic E-state index is 13.1. The van der Waals surface area contributed by atoms with Gasteiger partial charge in [0.15, 0.2) is 6.10 Å². The Morgan fingerprint density at radius 3 is 0.694 bits per heavy atom. The molecular formula is C103H176O16P2. The van der Waals surface area contributed by atoms with Crippen LogP contribution in [-0.2, 0) is 55.8 Å². The number of allylic oxidation sites excluding steroid dienone is 28. The molecular weight excluding hydrogens is 1560 g/mol. The molecule has 0 heterocycles. The average Bonchev–Trinajstić information content (AvgIpc) is 0.894. The minimum absolute atomic E-state index is 0.0932. The number of rotatable bonds is 91. The van der Waals surface area contributed by atoms with E-state index in [1.54, 1.807) is 0 Å². The zero-order chi connectivity index (χ0) is 87.9. The number of phosphoric acid groups is 2. The second-order valence-corrected chi connectivity index (χ2v) is 35.0. The summed E-state index contributed by atoms with van der Waals surface area (Å²) in [5, 5.41) is 20.8. The number of aliphatic hydroxyl groups excluding tert-OH is 2. The predicted molar refractivity (Wildman–Crippen MR) is 509 cm³/mol. The molecule has 121 heavy (non-hydrogen) atoms. The monoisotopic (exact) mass is 1730 g/mol. The van der Waals surface area contributed by atoms with E-state index in [1.165, 1.54) is 180 Å². The molecule has 0 radical (unpaired) electrons. The van der Waals surface area contributed by atoms with Gasteiger partial charge in [0.25, 0.3) is 0 Å². The first-order valence-electron chi connectivity index (χ1n) is 48.4. The lowest BCUT2D eigenvalue weighted by molar-refractivity contribution is -0.161. The van der Waals surface area contributed by atoms with E-state index in [0.29, 0.717) is 19.3 Å². The van der Waals surface area contributed by atoms with E-state index >= 15 is 0 Å². The van der Waals surface area contributed by atoms with Crippen LogP contribution in [-0.4, -0.2) is 95.9 Å². The number of hydrogen-bond donors (Lipinski definition) is 4. The Hall–Kier alpha value is -5.09. The molecule has 0 aliphatic carbocycles. The molecule has 0 rings (SSSR count). The fourth-order valence-electron chi connectivity index (χ4n) is 13.1.